The Balaban J connectivity index is 2.23. The van der Waals surface area contributed by atoms with Gasteiger partial charge in [0.2, 0.25) is 0 Å². The highest BCUT2D eigenvalue weighted by molar-refractivity contribution is 5.53. The third kappa shape index (κ3) is 3.23. The number of nitrogens with zero attached hydrogens (tertiary/aromatic N) is 1. The maximum atomic E-state index is 12.9. The molecular weight excluding hydrogens is 267 g/mol. The van der Waals surface area contributed by atoms with Crippen molar-refractivity contribution in [3.8, 4) is 6.07 Å². The van der Waals surface area contributed by atoms with Crippen LogP contribution >= 0.6 is 0 Å². The van der Waals surface area contributed by atoms with E-state index in [9.17, 15) is 13.2 Å². The van der Waals surface area contributed by atoms with Gasteiger partial charge in [-0.2, -0.15) is 18.4 Å². The minimum Gasteiger partial charge on any atom is -0.381 e. The summed E-state index contributed by atoms with van der Waals surface area (Å²) in [6.07, 6.45) is -2.61. The van der Waals surface area contributed by atoms with Crippen LogP contribution in [0, 0.1) is 11.3 Å². The van der Waals surface area contributed by atoms with Gasteiger partial charge in [-0.15, -0.1) is 0 Å². The molecular formula is C14H16F3N3. The zero-order chi connectivity index (χ0) is 14.8. The fourth-order valence-corrected chi connectivity index (χ4v) is 2.42. The Hall–Kier alpha value is -1.74. The van der Waals surface area contributed by atoms with Crippen molar-refractivity contribution in [1.82, 2.24) is 5.32 Å². The molecule has 3 nitrogen and oxygen atoms in total. The molecule has 2 atom stereocenters. The van der Waals surface area contributed by atoms with Crippen molar-refractivity contribution in [1.29, 1.82) is 5.26 Å². The first-order valence-corrected chi connectivity index (χ1v) is 6.53. The topological polar surface area (TPSA) is 47.8 Å². The van der Waals surface area contributed by atoms with Crippen LogP contribution in [0.25, 0.3) is 0 Å². The van der Waals surface area contributed by atoms with Crippen LogP contribution in [0.3, 0.4) is 0 Å². The van der Waals surface area contributed by atoms with Crippen molar-refractivity contribution in [2.45, 2.75) is 38.0 Å². The second-order valence-electron chi connectivity index (χ2n) is 5.01. The van der Waals surface area contributed by atoms with E-state index in [4.69, 9.17) is 5.26 Å². The standard InChI is InChI=1S/C14H16F3N3/c1-9-13(3-2-6-19-9)20-11-5-4-10(8-18)12(7-11)14(15,16)17/h4-5,7,9,13,19-20H,2-3,6H2,1H3. The van der Waals surface area contributed by atoms with E-state index in [0.29, 0.717) is 5.69 Å². The van der Waals surface area contributed by atoms with Crippen LogP contribution < -0.4 is 10.6 Å². The Morgan fingerprint density at radius 2 is 2.15 bits per heavy atom. The highest BCUT2D eigenvalue weighted by Crippen LogP contribution is 2.33. The molecule has 0 aliphatic carbocycles. The number of rotatable bonds is 2. The second kappa shape index (κ2) is 5.71. The maximum Gasteiger partial charge on any atom is 0.417 e. The molecule has 1 heterocycles. The summed E-state index contributed by atoms with van der Waals surface area (Å²) in [5.41, 5.74) is -0.837. The van der Waals surface area contributed by atoms with Gasteiger partial charge in [-0.3, -0.25) is 0 Å². The minimum absolute atomic E-state index is 0.0952. The summed E-state index contributed by atoms with van der Waals surface area (Å²) in [5, 5.41) is 15.2. The average molecular weight is 283 g/mol. The molecule has 1 aliphatic rings. The molecule has 0 amide bonds. The Labute approximate surface area is 115 Å². The largest absolute Gasteiger partial charge is 0.417 e. The summed E-state index contributed by atoms with van der Waals surface area (Å²) >= 11 is 0. The quantitative estimate of drug-likeness (QED) is 0.876. The smallest absolute Gasteiger partial charge is 0.381 e. The van der Waals surface area contributed by atoms with Crippen LogP contribution in [0.4, 0.5) is 18.9 Å². The number of benzene rings is 1. The third-order valence-electron chi connectivity index (χ3n) is 3.56. The van der Waals surface area contributed by atoms with Crippen LogP contribution in [0.1, 0.15) is 30.9 Å². The second-order valence-corrected chi connectivity index (χ2v) is 5.01. The van der Waals surface area contributed by atoms with E-state index >= 15 is 0 Å². The van der Waals surface area contributed by atoms with Gasteiger partial charge >= 0.3 is 6.18 Å². The number of halogens is 3. The van der Waals surface area contributed by atoms with E-state index in [0.717, 1.165) is 25.5 Å². The molecule has 1 aromatic carbocycles. The normalized spacial score (nSPS) is 23.1. The molecule has 2 N–H and O–H groups in total. The number of alkyl halides is 3. The van der Waals surface area contributed by atoms with Crippen molar-refractivity contribution in [2.75, 3.05) is 11.9 Å². The number of nitriles is 1. The molecule has 0 aromatic heterocycles. The molecule has 6 heteroatoms. The summed E-state index contributed by atoms with van der Waals surface area (Å²) in [7, 11) is 0. The minimum atomic E-state index is -4.51. The first kappa shape index (κ1) is 14.7. The van der Waals surface area contributed by atoms with Gasteiger partial charge in [0.1, 0.15) is 0 Å². The Morgan fingerprint density at radius 1 is 1.40 bits per heavy atom. The number of piperidine rings is 1. The lowest BCUT2D eigenvalue weighted by Crippen LogP contribution is -2.46. The van der Waals surface area contributed by atoms with E-state index in [1.807, 2.05) is 6.92 Å². The van der Waals surface area contributed by atoms with Gasteiger partial charge < -0.3 is 10.6 Å². The van der Waals surface area contributed by atoms with Crippen LogP contribution in [0.2, 0.25) is 0 Å². The van der Waals surface area contributed by atoms with E-state index < -0.39 is 11.7 Å². The van der Waals surface area contributed by atoms with Gasteiger partial charge in [-0.25, -0.2) is 0 Å². The van der Waals surface area contributed by atoms with Gasteiger partial charge in [0, 0.05) is 17.8 Å². The van der Waals surface area contributed by atoms with Crippen molar-refractivity contribution in [3.05, 3.63) is 29.3 Å². The Kier molecular flexibility index (Phi) is 4.19. The molecule has 0 radical (unpaired) electrons. The fraction of sp³-hybridized carbons (Fsp3) is 0.500. The zero-order valence-electron chi connectivity index (χ0n) is 11.1. The predicted octanol–water partition coefficient (Wildman–Crippen LogP) is 3.13. The van der Waals surface area contributed by atoms with E-state index in [-0.39, 0.29) is 17.6 Å². The molecule has 0 saturated carbocycles. The number of hydrogen-bond acceptors (Lipinski definition) is 3. The van der Waals surface area contributed by atoms with Gasteiger partial charge in [0.15, 0.2) is 0 Å². The van der Waals surface area contributed by atoms with Crippen molar-refractivity contribution in [3.63, 3.8) is 0 Å². The van der Waals surface area contributed by atoms with Gasteiger partial charge in [-0.05, 0) is 44.5 Å². The number of nitrogens with one attached hydrogen (secondary N) is 2. The Bertz CT molecular complexity index is 519. The lowest BCUT2D eigenvalue weighted by Gasteiger charge is -2.31. The average Bonchev–Trinajstić information content (AvgIpc) is 2.40. The van der Waals surface area contributed by atoms with Crippen LogP contribution in [0.5, 0.6) is 0 Å². The lowest BCUT2D eigenvalue weighted by molar-refractivity contribution is -0.137. The highest BCUT2D eigenvalue weighted by atomic mass is 19.4. The molecule has 2 rings (SSSR count). The summed E-state index contributed by atoms with van der Waals surface area (Å²) in [4.78, 5) is 0. The molecule has 0 spiro atoms. The summed E-state index contributed by atoms with van der Waals surface area (Å²) in [6, 6.07) is 5.63. The van der Waals surface area contributed by atoms with Gasteiger partial charge in [-0.1, -0.05) is 0 Å². The maximum absolute atomic E-state index is 12.9. The first-order chi connectivity index (χ1) is 9.41. The molecule has 1 saturated heterocycles. The molecule has 1 fully saturated rings. The summed E-state index contributed by atoms with van der Waals surface area (Å²) in [5.74, 6) is 0. The molecule has 108 valence electrons. The predicted molar refractivity (Wildman–Crippen MR) is 70.3 cm³/mol. The molecule has 2 unspecified atom stereocenters. The monoisotopic (exact) mass is 283 g/mol. The molecule has 1 aliphatic heterocycles. The summed E-state index contributed by atoms with van der Waals surface area (Å²) < 4.78 is 38.6. The summed E-state index contributed by atoms with van der Waals surface area (Å²) in [6.45, 7) is 2.94. The van der Waals surface area contributed by atoms with Gasteiger partial charge in [0.05, 0.1) is 17.2 Å². The third-order valence-corrected chi connectivity index (χ3v) is 3.56. The molecule has 20 heavy (non-hydrogen) atoms. The van der Waals surface area contributed by atoms with Crippen molar-refractivity contribution >= 4 is 5.69 Å². The van der Waals surface area contributed by atoms with Crippen molar-refractivity contribution in [2.24, 2.45) is 0 Å². The molecule has 1 aromatic rings. The van der Waals surface area contributed by atoms with E-state index in [1.54, 1.807) is 6.07 Å². The molecule has 0 bridgehead atoms. The number of hydrogen-bond donors (Lipinski definition) is 2. The fourth-order valence-electron chi connectivity index (χ4n) is 2.42. The SMILES string of the molecule is CC1NCCCC1Nc1ccc(C#N)c(C(F)(F)F)c1. The van der Waals surface area contributed by atoms with Crippen LogP contribution in [0.15, 0.2) is 18.2 Å². The van der Waals surface area contributed by atoms with Crippen LogP contribution in [-0.4, -0.2) is 18.6 Å². The van der Waals surface area contributed by atoms with Crippen LogP contribution in [-0.2, 0) is 6.18 Å². The highest BCUT2D eigenvalue weighted by Gasteiger charge is 2.34. The number of anilines is 1. The van der Waals surface area contributed by atoms with E-state index in [1.165, 1.54) is 12.1 Å². The zero-order valence-corrected chi connectivity index (χ0v) is 11.1. The lowest BCUT2D eigenvalue weighted by atomic mass is 9.99. The van der Waals surface area contributed by atoms with Crippen molar-refractivity contribution < 1.29 is 13.2 Å². The van der Waals surface area contributed by atoms with Gasteiger partial charge in [0.25, 0.3) is 0 Å². The Morgan fingerprint density at radius 3 is 2.75 bits per heavy atom. The van der Waals surface area contributed by atoms with E-state index in [2.05, 4.69) is 10.6 Å². The first-order valence-electron chi connectivity index (χ1n) is 6.53.